The third-order valence-electron chi connectivity index (χ3n) is 3.28. The number of hydrogen-bond acceptors (Lipinski definition) is 3. The molecule has 0 bridgehead atoms. The highest BCUT2D eigenvalue weighted by atomic mass is 32.2. The molecule has 2 rings (SSSR count). The lowest BCUT2D eigenvalue weighted by Crippen LogP contribution is -2.52. The highest BCUT2D eigenvalue weighted by Gasteiger charge is 2.37. The summed E-state index contributed by atoms with van der Waals surface area (Å²) in [7, 11) is -3.39. The lowest BCUT2D eigenvalue weighted by Gasteiger charge is -2.34. The first-order chi connectivity index (χ1) is 8.95. The van der Waals surface area contributed by atoms with E-state index < -0.39 is 16.1 Å². The zero-order chi connectivity index (χ0) is 14.0. The molecule has 0 radical (unpaired) electrons. The molecule has 1 heterocycles. The maximum Gasteiger partial charge on any atom is 0.243 e. The summed E-state index contributed by atoms with van der Waals surface area (Å²) in [6.45, 7) is 4.22. The van der Waals surface area contributed by atoms with E-state index in [0.29, 0.717) is 18.7 Å². The van der Waals surface area contributed by atoms with Crippen molar-refractivity contribution in [1.82, 2.24) is 9.62 Å². The van der Waals surface area contributed by atoms with E-state index in [4.69, 9.17) is 0 Å². The van der Waals surface area contributed by atoms with Crippen LogP contribution in [0.2, 0.25) is 0 Å². The normalized spacial score (nSPS) is 21.2. The van der Waals surface area contributed by atoms with Crippen LogP contribution in [0.3, 0.4) is 0 Å². The summed E-state index contributed by atoms with van der Waals surface area (Å²) in [4.78, 5) is 12.0. The van der Waals surface area contributed by atoms with Gasteiger partial charge in [-0.1, -0.05) is 29.8 Å². The Kier molecular flexibility index (Phi) is 3.91. The Bertz CT molecular complexity index is 566. The molecule has 1 amide bonds. The number of aryl methyl sites for hydroxylation is 1. The van der Waals surface area contributed by atoms with Gasteiger partial charge < -0.3 is 5.32 Å². The first-order valence-corrected chi connectivity index (χ1v) is 7.90. The van der Waals surface area contributed by atoms with Crippen molar-refractivity contribution in [1.29, 1.82) is 0 Å². The number of nitrogens with zero attached hydrogens (tertiary/aromatic N) is 1. The number of piperazine rings is 1. The Hall–Kier alpha value is -1.40. The van der Waals surface area contributed by atoms with E-state index in [1.807, 2.05) is 31.2 Å². The molecule has 1 aromatic rings. The van der Waals surface area contributed by atoms with Crippen molar-refractivity contribution in [2.75, 3.05) is 18.8 Å². The van der Waals surface area contributed by atoms with Crippen molar-refractivity contribution in [2.24, 2.45) is 0 Å². The predicted molar refractivity (Wildman–Crippen MR) is 73.1 cm³/mol. The summed E-state index contributed by atoms with van der Waals surface area (Å²) < 4.78 is 25.5. The van der Waals surface area contributed by atoms with Crippen LogP contribution in [0, 0.1) is 6.92 Å². The number of hydrogen-bond donors (Lipinski definition) is 1. The summed E-state index contributed by atoms with van der Waals surface area (Å²) in [6, 6.07) is 6.63. The molecule has 0 spiro atoms. The number of nitrogens with one attached hydrogen (secondary N) is 1. The maximum absolute atomic E-state index is 12.1. The van der Waals surface area contributed by atoms with Gasteiger partial charge in [0.05, 0.1) is 5.75 Å². The summed E-state index contributed by atoms with van der Waals surface area (Å²) in [5.41, 5.74) is 1.78. The number of carbonyl (C=O) groups is 1. The summed E-state index contributed by atoms with van der Waals surface area (Å²) in [5.74, 6) is -0.255. The van der Waals surface area contributed by atoms with Gasteiger partial charge in [0.1, 0.15) is 6.04 Å². The number of benzene rings is 1. The van der Waals surface area contributed by atoms with Crippen LogP contribution in [0.4, 0.5) is 0 Å². The minimum absolute atomic E-state index is 0.00262. The molecule has 1 unspecified atom stereocenters. The second kappa shape index (κ2) is 5.30. The molecule has 1 aromatic carbocycles. The van der Waals surface area contributed by atoms with Gasteiger partial charge in [-0.15, -0.1) is 0 Å². The molecule has 5 nitrogen and oxygen atoms in total. The van der Waals surface area contributed by atoms with Crippen LogP contribution in [-0.2, 0) is 14.8 Å². The van der Waals surface area contributed by atoms with Crippen LogP contribution in [0.1, 0.15) is 24.1 Å². The molecule has 0 aromatic heterocycles. The van der Waals surface area contributed by atoms with E-state index in [9.17, 15) is 13.2 Å². The largest absolute Gasteiger partial charge is 0.353 e. The smallest absolute Gasteiger partial charge is 0.243 e. The molecule has 19 heavy (non-hydrogen) atoms. The van der Waals surface area contributed by atoms with Crippen LogP contribution < -0.4 is 5.32 Å². The van der Waals surface area contributed by atoms with E-state index >= 15 is 0 Å². The third kappa shape index (κ3) is 2.79. The summed E-state index contributed by atoms with van der Waals surface area (Å²) >= 11 is 0. The van der Waals surface area contributed by atoms with E-state index in [1.54, 1.807) is 6.92 Å². The van der Waals surface area contributed by atoms with E-state index in [1.165, 1.54) is 4.31 Å². The van der Waals surface area contributed by atoms with Gasteiger partial charge in [0.15, 0.2) is 0 Å². The molecule has 1 N–H and O–H groups in total. The molecule has 1 atom stereocenters. The van der Waals surface area contributed by atoms with Crippen molar-refractivity contribution in [3.63, 3.8) is 0 Å². The molecule has 104 valence electrons. The van der Waals surface area contributed by atoms with Gasteiger partial charge in [0, 0.05) is 13.1 Å². The molecular formula is C13H18N2O3S. The van der Waals surface area contributed by atoms with E-state index in [0.717, 1.165) is 5.56 Å². The van der Waals surface area contributed by atoms with Crippen molar-refractivity contribution >= 4 is 15.9 Å². The van der Waals surface area contributed by atoms with E-state index in [2.05, 4.69) is 5.32 Å². The van der Waals surface area contributed by atoms with Gasteiger partial charge in [-0.2, -0.15) is 4.31 Å². The molecule has 0 aliphatic carbocycles. The lowest BCUT2D eigenvalue weighted by molar-refractivity contribution is -0.126. The monoisotopic (exact) mass is 282 g/mol. The Morgan fingerprint density at radius 3 is 2.53 bits per heavy atom. The number of amides is 1. The summed E-state index contributed by atoms with van der Waals surface area (Å²) in [6.07, 6.45) is 0. The highest BCUT2D eigenvalue weighted by molar-refractivity contribution is 7.89. The average Bonchev–Trinajstić information content (AvgIpc) is 2.40. The third-order valence-corrected chi connectivity index (χ3v) is 5.12. The van der Waals surface area contributed by atoms with Gasteiger partial charge in [-0.3, -0.25) is 4.79 Å². The quantitative estimate of drug-likeness (QED) is 0.892. The Labute approximate surface area is 113 Å². The van der Waals surface area contributed by atoms with Gasteiger partial charge in [-0.05, 0) is 19.4 Å². The average molecular weight is 282 g/mol. The zero-order valence-electron chi connectivity index (χ0n) is 11.1. The van der Waals surface area contributed by atoms with Crippen LogP contribution in [0.15, 0.2) is 24.3 Å². The molecule has 1 aliphatic heterocycles. The predicted octanol–water partition coefficient (Wildman–Crippen LogP) is 0.818. The topological polar surface area (TPSA) is 66.5 Å². The SMILES string of the molecule is CCS(=O)(=O)N1CCNC(=O)C1c1ccc(C)cc1. The number of carbonyl (C=O) groups excluding carboxylic acids is 1. The highest BCUT2D eigenvalue weighted by Crippen LogP contribution is 2.26. The van der Waals surface area contributed by atoms with Gasteiger partial charge in [-0.25, -0.2) is 8.42 Å². The Morgan fingerprint density at radius 1 is 1.32 bits per heavy atom. The first-order valence-electron chi connectivity index (χ1n) is 6.29. The maximum atomic E-state index is 12.1. The fourth-order valence-corrected chi connectivity index (χ4v) is 3.42. The second-order valence-corrected chi connectivity index (χ2v) is 6.83. The molecule has 6 heteroatoms. The van der Waals surface area contributed by atoms with E-state index in [-0.39, 0.29) is 11.7 Å². The molecule has 0 saturated carbocycles. The lowest BCUT2D eigenvalue weighted by atomic mass is 10.0. The minimum Gasteiger partial charge on any atom is -0.353 e. The fraction of sp³-hybridized carbons (Fsp3) is 0.462. The Balaban J connectivity index is 2.42. The standard InChI is InChI=1S/C13H18N2O3S/c1-3-19(17,18)15-9-8-14-13(16)12(15)11-6-4-10(2)5-7-11/h4-7,12H,3,8-9H2,1-2H3,(H,14,16). The molecule has 1 saturated heterocycles. The van der Waals surface area contributed by atoms with Gasteiger partial charge >= 0.3 is 0 Å². The molecule has 1 fully saturated rings. The van der Waals surface area contributed by atoms with Crippen LogP contribution in [0.25, 0.3) is 0 Å². The van der Waals surface area contributed by atoms with Gasteiger partial charge in [0.25, 0.3) is 0 Å². The number of sulfonamides is 1. The Morgan fingerprint density at radius 2 is 1.95 bits per heavy atom. The van der Waals surface area contributed by atoms with Crippen molar-refractivity contribution < 1.29 is 13.2 Å². The second-order valence-electron chi connectivity index (χ2n) is 4.62. The number of rotatable bonds is 3. The fourth-order valence-electron chi connectivity index (χ4n) is 2.18. The van der Waals surface area contributed by atoms with Crippen molar-refractivity contribution in [2.45, 2.75) is 19.9 Å². The van der Waals surface area contributed by atoms with Crippen LogP contribution in [-0.4, -0.2) is 37.5 Å². The molecular weight excluding hydrogens is 264 g/mol. The van der Waals surface area contributed by atoms with Crippen molar-refractivity contribution in [3.8, 4) is 0 Å². The van der Waals surface area contributed by atoms with Crippen LogP contribution >= 0.6 is 0 Å². The van der Waals surface area contributed by atoms with Crippen LogP contribution in [0.5, 0.6) is 0 Å². The van der Waals surface area contributed by atoms with Gasteiger partial charge in [0.2, 0.25) is 15.9 Å². The zero-order valence-corrected chi connectivity index (χ0v) is 11.9. The van der Waals surface area contributed by atoms with Crippen molar-refractivity contribution in [3.05, 3.63) is 35.4 Å². The first kappa shape index (κ1) is 14.0. The summed E-state index contributed by atoms with van der Waals surface area (Å²) in [5, 5.41) is 2.73. The minimum atomic E-state index is -3.39. The molecule has 1 aliphatic rings.